The van der Waals surface area contributed by atoms with Gasteiger partial charge in [0.15, 0.2) is 9.84 Å². The van der Waals surface area contributed by atoms with E-state index in [0.717, 1.165) is 0 Å². The summed E-state index contributed by atoms with van der Waals surface area (Å²) in [6, 6.07) is 3.73. The van der Waals surface area contributed by atoms with Gasteiger partial charge in [-0.1, -0.05) is 6.85 Å². The molecular weight excluding hydrogens is 282 g/mol. The molecule has 0 fully saturated rings. The number of fused-ring (bicyclic) bond motifs is 1. The first-order valence-electron chi connectivity index (χ1n) is 7.93. The molecule has 1 aromatic carbocycles. The number of carbonyl (C=O) groups excluding carboxylic acids is 1. The quantitative estimate of drug-likeness (QED) is 0.898. The Morgan fingerprint density at radius 3 is 3.10 bits per heavy atom. The second-order valence-corrected chi connectivity index (χ2v) is 5.81. The lowest BCUT2D eigenvalue weighted by atomic mass is 10.3. The molecule has 0 unspecified atom stereocenters. The monoisotopic (exact) mass is 302 g/mol. The predicted molar refractivity (Wildman–Crippen MR) is 74.5 cm³/mol. The van der Waals surface area contributed by atoms with E-state index >= 15 is 0 Å². The van der Waals surface area contributed by atoms with Gasteiger partial charge in [0.2, 0.25) is 5.95 Å². The average Bonchev–Trinajstić information content (AvgIpc) is 2.85. The van der Waals surface area contributed by atoms with E-state index < -0.39 is 34.9 Å². The van der Waals surface area contributed by atoms with E-state index in [1.54, 1.807) is 0 Å². The number of aromatic amines is 1. The number of nitrogens with zero attached hydrogens (tertiary/aromatic N) is 1. The molecule has 0 atom stereocenters. The van der Waals surface area contributed by atoms with Crippen LogP contribution in [0.15, 0.2) is 23.1 Å². The van der Waals surface area contributed by atoms with Crippen molar-refractivity contribution in [1.29, 1.82) is 0 Å². The molecule has 2 rings (SSSR count). The van der Waals surface area contributed by atoms with Gasteiger partial charge >= 0.3 is 6.09 Å². The number of carbonyl (C=O) groups is 1. The topological polar surface area (TPSA) is 101 Å². The van der Waals surface area contributed by atoms with E-state index in [1.807, 2.05) is 0 Å². The second-order valence-electron chi connectivity index (χ2n) is 3.82. The van der Waals surface area contributed by atoms with E-state index in [1.165, 1.54) is 25.3 Å². The van der Waals surface area contributed by atoms with Crippen LogP contribution < -0.4 is 5.32 Å². The van der Waals surface area contributed by atoms with E-state index in [-0.39, 0.29) is 16.4 Å². The van der Waals surface area contributed by atoms with Crippen molar-refractivity contribution in [2.45, 2.75) is 18.1 Å². The third kappa shape index (κ3) is 2.90. The lowest BCUT2D eigenvalue weighted by molar-refractivity contribution is 0.186. The SMILES string of the molecule is [2H]C([2H])([2H])C([2H])([2H])CS(=O)(=O)c1ccc2nc(NC(=O)OC)[nH]c2c1. The van der Waals surface area contributed by atoms with Gasteiger partial charge in [-0.15, -0.1) is 0 Å². The smallest absolute Gasteiger partial charge is 0.413 e. The number of benzene rings is 1. The lowest BCUT2D eigenvalue weighted by Crippen LogP contribution is -2.11. The van der Waals surface area contributed by atoms with E-state index in [9.17, 15) is 13.2 Å². The largest absolute Gasteiger partial charge is 0.453 e. The number of rotatable bonds is 4. The molecule has 20 heavy (non-hydrogen) atoms. The fraction of sp³-hybridized carbons (Fsp3) is 0.333. The highest BCUT2D eigenvalue weighted by molar-refractivity contribution is 7.91. The zero-order valence-corrected chi connectivity index (χ0v) is 11.2. The van der Waals surface area contributed by atoms with Gasteiger partial charge in [0.05, 0.1) is 28.8 Å². The molecule has 0 aliphatic carbocycles. The van der Waals surface area contributed by atoms with Crippen LogP contribution in [-0.2, 0) is 14.6 Å². The van der Waals surface area contributed by atoms with Gasteiger partial charge in [-0.05, 0) is 24.6 Å². The Morgan fingerprint density at radius 2 is 2.40 bits per heavy atom. The normalized spacial score (nSPS) is 16.6. The van der Waals surface area contributed by atoms with Gasteiger partial charge in [0.25, 0.3) is 0 Å². The molecular formula is C12H15N3O4S. The van der Waals surface area contributed by atoms with Gasteiger partial charge in [-0.3, -0.25) is 5.32 Å². The summed E-state index contributed by atoms with van der Waals surface area (Å²) in [5.41, 5.74) is 0.617. The van der Waals surface area contributed by atoms with Crippen LogP contribution in [0.1, 0.15) is 20.1 Å². The predicted octanol–water partition coefficient (Wildman–Crippen LogP) is 1.92. The summed E-state index contributed by atoms with van der Waals surface area (Å²) in [6.45, 7) is -3.07. The van der Waals surface area contributed by atoms with Crippen molar-refractivity contribution in [3.63, 3.8) is 0 Å². The number of hydrogen-bond acceptors (Lipinski definition) is 5. The summed E-state index contributed by atoms with van der Waals surface area (Å²) in [7, 11) is -3.04. The number of methoxy groups -OCH3 is 1. The molecule has 2 aromatic rings. The third-order valence-corrected chi connectivity index (χ3v) is 3.98. The molecule has 0 spiro atoms. The molecule has 2 N–H and O–H groups in total. The molecule has 0 radical (unpaired) electrons. The fourth-order valence-electron chi connectivity index (χ4n) is 1.57. The lowest BCUT2D eigenvalue weighted by Gasteiger charge is -2.01. The number of amides is 1. The summed E-state index contributed by atoms with van der Waals surface area (Å²) in [4.78, 5) is 17.6. The molecule has 0 bridgehead atoms. The van der Waals surface area contributed by atoms with Crippen molar-refractivity contribution in [2.75, 3.05) is 18.2 Å². The van der Waals surface area contributed by atoms with Crippen LogP contribution in [0.5, 0.6) is 0 Å². The number of anilines is 1. The minimum Gasteiger partial charge on any atom is -0.453 e. The number of imidazole rings is 1. The maximum Gasteiger partial charge on any atom is 0.413 e. The Hall–Kier alpha value is -2.09. The van der Waals surface area contributed by atoms with Gasteiger partial charge < -0.3 is 9.72 Å². The van der Waals surface area contributed by atoms with E-state index in [4.69, 9.17) is 6.85 Å². The zero-order valence-electron chi connectivity index (χ0n) is 15.4. The van der Waals surface area contributed by atoms with E-state index in [2.05, 4.69) is 20.0 Å². The summed E-state index contributed by atoms with van der Waals surface area (Å²) >= 11 is 0. The first kappa shape index (κ1) is 8.96. The van der Waals surface area contributed by atoms with Crippen LogP contribution in [0.25, 0.3) is 11.0 Å². The Labute approximate surface area is 123 Å². The maximum absolute atomic E-state index is 12.4. The minimum absolute atomic E-state index is 0.0363. The van der Waals surface area contributed by atoms with Crippen molar-refractivity contribution in [2.24, 2.45) is 0 Å². The zero-order chi connectivity index (χ0) is 19.0. The number of aromatic nitrogens is 2. The molecule has 1 heterocycles. The summed E-state index contributed by atoms with van der Waals surface area (Å²) in [5, 5.41) is 2.29. The first-order chi connectivity index (χ1) is 11.4. The van der Waals surface area contributed by atoms with Crippen molar-refractivity contribution in [1.82, 2.24) is 9.97 Å². The third-order valence-electron chi connectivity index (χ3n) is 2.48. The molecule has 1 aromatic heterocycles. The van der Waals surface area contributed by atoms with Crippen LogP contribution in [0.2, 0.25) is 0 Å². The molecule has 7 nitrogen and oxygen atoms in total. The molecule has 1 amide bonds. The molecule has 0 saturated heterocycles. The van der Waals surface area contributed by atoms with E-state index in [0.29, 0.717) is 5.52 Å². The van der Waals surface area contributed by atoms with Crippen LogP contribution in [0.4, 0.5) is 10.7 Å². The molecule has 0 aliphatic rings. The Morgan fingerprint density at radius 1 is 1.60 bits per heavy atom. The van der Waals surface area contributed by atoms with Gasteiger partial charge in [-0.2, -0.15) is 0 Å². The highest BCUT2D eigenvalue weighted by Gasteiger charge is 2.15. The maximum atomic E-state index is 12.4. The van der Waals surface area contributed by atoms with Gasteiger partial charge in [-0.25, -0.2) is 18.2 Å². The van der Waals surface area contributed by atoms with Crippen molar-refractivity contribution in [3.05, 3.63) is 18.2 Å². The molecule has 108 valence electrons. The van der Waals surface area contributed by atoms with Crippen molar-refractivity contribution in [3.8, 4) is 0 Å². The second kappa shape index (κ2) is 5.49. The van der Waals surface area contributed by atoms with Crippen molar-refractivity contribution < 1.29 is 24.8 Å². The van der Waals surface area contributed by atoms with Crippen molar-refractivity contribution >= 4 is 32.9 Å². The highest BCUT2D eigenvalue weighted by Crippen LogP contribution is 2.20. The summed E-state index contributed by atoms with van der Waals surface area (Å²) < 4.78 is 65.5. The van der Waals surface area contributed by atoms with Gasteiger partial charge in [0.1, 0.15) is 0 Å². The average molecular weight is 302 g/mol. The highest BCUT2D eigenvalue weighted by atomic mass is 32.2. The summed E-state index contributed by atoms with van der Waals surface area (Å²) in [6.07, 6.45) is -3.66. The molecule has 0 saturated carbocycles. The van der Waals surface area contributed by atoms with Crippen LogP contribution in [0.3, 0.4) is 0 Å². The first-order valence-corrected chi connectivity index (χ1v) is 7.08. The number of ether oxygens (including phenoxy) is 1. The van der Waals surface area contributed by atoms with Crippen LogP contribution in [-0.4, -0.2) is 37.3 Å². The number of sulfone groups is 1. The van der Waals surface area contributed by atoms with Crippen LogP contribution >= 0.6 is 0 Å². The number of H-pyrrole nitrogens is 1. The Bertz CT molecular complexity index is 907. The molecule has 0 aliphatic heterocycles. The minimum atomic E-state index is -4.21. The van der Waals surface area contributed by atoms with Crippen LogP contribution in [0, 0.1) is 0 Å². The standard InChI is InChI=1S/C12H15N3O4S/c1-3-6-20(17,18)8-4-5-9-10(7-8)14-11(13-9)15-12(16)19-2/h4-5,7H,3,6H2,1-2H3,(H2,13,14,15,16)/i1D3,3D2. The van der Waals surface area contributed by atoms with Gasteiger partial charge in [0, 0.05) is 6.85 Å². The number of hydrogen-bond donors (Lipinski definition) is 2. The summed E-state index contributed by atoms with van der Waals surface area (Å²) in [5.74, 6) is -1.15. The Balaban J connectivity index is 2.36. The fourth-order valence-corrected chi connectivity index (χ4v) is 2.50. The molecule has 8 heteroatoms. The Kier molecular flexibility index (Phi) is 2.46. The number of nitrogens with one attached hydrogen (secondary N) is 2.